The van der Waals surface area contributed by atoms with Crippen LogP contribution in [0.1, 0.15) is 87.2 Å². The molecule has 0 N–H and O–H groups in total. The number of nitrogens with zero attached hydrogens (tertiary/aromatic N) is 2. The van der Waals surface area contributed by atoms with Crippen LogP contribution in [0.15, 0.2) is 191 Å². The molecule has 8 aromatic carbocycles. The van der Waals surface area contributed by atoms with Gasteiger partial charge in [-0.2, -0.15) is 0 Å². The van der Waals surface area contributed by atoms with E-state index in [1.54, 1.807) is 0 Å². The minimum atomic E-state index is 0.651. The topological polar surface area (TPSA) is 32.8 Å². The van der Waals surface area contributed by atoms with Crippen molar-refractivity contribution in [1.29, 1.82) is 0 Å². The third-order valence-corrected chi connectivity index (χ3v) is 14.3. The third kappa shape index (κ3) is 7.02. The fourth-order valence-corrected chi connectivity index (χ4v) is 10.9. The number of anilines is 6. The van der Waals surface area contributed by atoms with Gasteiger partial charge in [0.15, 0.2) is 11.2 Å². The Hall–Kier alpha value is -7.04. The second kappa shape index (κ2) is 16.6. The molecule has 0 bridgehead atoms. The highest BCUT2D eigenvalue weighted by Crippen LogP contribution is 2.46. The van der Waals surface area contributed by atoms with Crippen LogP contribution in [-0.4, -0.2) is 0 Å². The normalized spacial score (nSPS) is 15.1. The molecule has 2 fully saturated rings. The SMILES string of the molecule is c1ccc2c(c1)oc1c(N(c3ccc(-c4ccc(N(c5ccc(C6CCCCC6)cc5)c5cccc6c5oc5ccccc56)cc4)cc3)c3ccc(C4CCCCC4)cc3)cccc12. The molecule has 2 aliphatic carbocycles. The van der Waals surface area contributed by atoms with Crippen LogP contribution in [0, 0.1) is 0 Å². The highest BCUT2D eigenvalue weighted by Gasteiger charge is 2.23. The molecule has 12 rings (SSSR count). The van der Waals surface area contributed by atoms with E-state index in [1.165, 1.54) is 75.3 Å². The van der Waals surface area contributed by atoms with Crippen LogP contribution < -0.4 is 9.80 Å². The Kier molecular flexibility index (Phi) is 10.0. The van der Waals surface area contributed by atoms with Crippen molar-refractivity contribution >= 4 is 78.0 Å². The van der Waals surface area contributed by atoms with E-state index >= 15 is 0 Å². The Balaban J connectivity index is 0.906. The summed E-state index contributed by atoms with van der Waals surface area (Å²) in [5, 5.41) is 4.52. The summed E-state index contributed by atoms with van der Waals surface area (Å²) < 4.78 is 13.3. The Morgan fingerprint density at radius 1 is 0.312 bits per heavy atom. The van der Waals surface area contributed by atoms with Crippen LogP contribution in [-0.2, 0) is 0 Å². The number of benzene rings is 8. The summed E-state index contributed by atoms with van der Waals surface area (Å²) in [7, 11) is 0. The van der Waals surface area contributed by atoms with Gasteiger partial charge in [-0.25, -0.2) is 0 Å². The van der Waals surface area contributed by atoms with Crippen molar-refractivity contribution in [3.05, 3.63) is 193 Å². The predicted molar refractivity (Wildman–Crippen MR) is 267 cm³/mol. The van der Waals surface area contributed by atoms with E-state index in [9.17, 15) is 0 Å². The molecule has 64 heavy (non-hydrogen) atoms. The first-order valence-electron chi connectivity index (χ1n) is 23.5. The zero-order valence-electron chi connectivity index (χ0n) is 36.3. The quantitative estimate of drug-likeness (QED) is 0.145. The lowest BCUT2D eigenvalue weighted by Crippen LogP contribution is -2.11. The maximum absolute atomic E-state index is 6.63. The smallest absolute Gasteiger partial charge is 0.159 e. The van der Waals surface area contributed by atoms with Crippen LogP contribution in [0.4, 0.5) is 34.1 Å². The lowest BCUT2D eigenvalue weighted by atomic mass is 9.84. The molecule has 0 spiro atoms. The Bertz CT molecular complexity index is 3000. The van der Waals surface area contributed by atoms with Crippen molar-refractivity contribution in [3.8, 4) is 11.1 Å². The number of hydrogen-bond donors (Lipinski definition) is 0. The van der Waals surface area contributed by atoms with Gasteiger partial charge in [-0.3, -0.25) is 0 Å². The van der Waals surface area contributed by atoms with E-state index in [2.05, 4.69) is 180 Å². The Morgan fingerprint density at radius 3 is 1.05 bits per heavy atom. The molecular formula is C60H52N2O2. The summed E-state index contributed by atoms with van der Waals surface area (Å²) >= 11 is 0. The summed E-state index contributed by atoms with van der Waals surface area (Å²) in [5.41, 5.74) is 15.3. The van der Waals surface area contributed by atoms with Gasteiger partial charge in [-0.05, 0) is 133 Å². The van der Waals surface area contributed by atoms with Gasteiger partial charge in [0.2, 0.25) is 0 Å². The molecule has 2 heterocycles. The number of rotatable bonds is 9. The molecule has 4 nitrogen and oxygen atoms in total. The number of fused-ring (bicyclic) bond motifs is 6. The number of furan rings is 2. The molecule has 0 amide bonds. The lowest BCUT2D eigenvalue weighted by molar-refractivity contribution is 0.443. The van der Waals surface area contributed by atoms with Gasteiger partial charge in [0.25, 0.3) is 0 Å². The summed E-state index contributed by atoms with van der Waals surface area (Å²) in [6.07, 6.45) is 13.2. The largest absolute Gasteiger partial charge is 0.454 e. The van der Waals surface area contributed by atoms with E-state index in [0.29, 0.717) is 11.8 Å². The number of hydrogen-bond acceptors (Lipinski definition) is 4. The monoisotopic (exact) mass is 832 g/mol. The van der Waals surface area contributed by atoms with Gasteiger partial charge in [0.1, 0.15) is 11.2 Å². The molecule has 4 heteroatoms. The molecule has 0 radical (unpaired) electrons. The molecule has 10 aromatic rings. The fraction of sp³-hybridized carbons (Fsp3) is 0.200. The second-order valence-electron chi connectivity index (χ2n) is 18.1. The second-order valence-corrected chi connectivity index (χ2v) is 18.1. The van der Waals surface area contributed by atoms with Crippen LogP contribution >= 0.6 is 0 Å². The summed E-state index contributed by atoms with van der Waals surface area (Å²) in [6, 6.07) is 66.4. The first-order chi connectivity index (χ1) is 31.7. The molecule has 0 atom stereocenters. The van der Waals surface area contributed by atoms with Crippen LogP contribution in [0.3, 0.4) is 0 Å². The lowest BCUT2D eigenvalue weighted by Gasteiger charge is -2.27. The molecule has 0 saturated heterocycles. The minimum absolute atomic E-state index is 0.651. The maximum Gasteiger partial charge on any atom is 0.159 e. The minimum Gasteiger partial charge on any atom is -0.454 e. The Morgan fingerprint density at radius 2 is 0.656 bits per heavy atom. The molecule has 0 aliphatic heterocycles. The highest BCUT2D eigenvalue weighted by atomic mass is 16.3. The van der Waals surface area contributed by atoms with E-state index in [-0.39, 0.29) is 0 Å². The molecule has 314 valence electrons. The van der Waals surface area contributed by atoms with Crippen LogP contribution in [0.5, 0.6) is 0 Å². The van der Waals surface area contributed by atoms with Gasteiger partial charge in [0.05, 0.1) is 11.4 Å². The van der Waals surface area contributed by atoms with E-state index < -0.39 is 0 Å². The van der Waals surface area contributed by atoms with Gasteiger partial charge < -0.3 is 18.6 Å². The van der Waals surface area contributed by atoms with E-state index in [1.807, 2.05) is 12.1 Å². The van der Waals surface area contributed by atoms with E-state index in [4.69, 9.17) is 8.83 Å². The molecule has 0 unspecified atom stereocenters. The van der Waals surface area contributed by atoms with Crippen molar-refractivity contribution in [3.63, 3.8) is 0 Å². The third-order valence-electron chi connectivity index (χ3n) is 14.3. The summed E-state index contributed by atoms with van der Waals surface area (Å²) in [4.78, 5) is 4.72. The van der Waals surface area contributed by atoms with Crippen molar-refractivity contribution in [2.75, 3.05) is 9.80 Å². The summed E-state index contributed by atoms with van der Waals surface area (Å²) in [5.74, 6) is 1.30. The van der Waals surface area contributed by atoms with Crippen LogP contribution in [0.2, 0.25) is 0 Å². The van der Waals surface area contributed by atoms with Gasteiger partial charge in [0, 0.05) is 44.3 Å². The fourth-order valence-electron chi connectivity index (χ4n) is 10.9. The molecule has 2 aromatic heterocycles. The maximum atomic E-state index is 6.63. The Labute approximate surface area is 375 Å². The zero-order valence-corrected chi connectivity index (χ0v) is 36.3. The standard InChI is InChI=1S/C60H52N2O2/c1-3-13-41(14-4-1)43-25-33-47(34-26-43)61(55-21-11-19-53-51-17-7-9-23-57(51)63-59(53)55)49-37-29-45(30-38-49)46-31-39-50(40-32-46)62(48-35-27-44(28-36-48)42-15-5-2-6-16-42)56-22-12-20-54-52-18-8-10-24-58(52)64-60(54)56/h7-12,17-42H,1-6,13-16H2. The van der Waals surface area contributed by atoms with Crippen molar-refractivity contribution < 1.29 is 8.83 Å². The number of para-hydroxylation sites is 4. The predicted octanol–water partition coefficient (Wildman–Crippen LogP) is 18.2. The van der Waals surface area contributed by atoms with Crippen molar-refractivity contribution in [2.24, 2.45) is 0 Å². The zero-order chi connectivity index (χ0) is 42.4. The van der Waals surface area contributed by atoms with Crippen molar-refractivity contribution in [1.82, 2.24) is 0 Å². The van der Waals surface area contributed by atoms with Gasteiger partial charge in [-0.15, -0.1) is 0 Å². The molecule has 2 saturated carbocycles. The van der Waals surface area contributed by atoms with E-state index in [0.717, 1.165) is 89.1 Å². The highest BCUT2D eigenvalue weighted by molar-refractivity contribution is 6.11. The molecule has 2 aliphatic rings. The summed E-state index contributed by atoms with van der Waals surface area (Å²) in [6.45, 7) is 0. The van der Waals surface area contributed by atoms with Crippen LogP contribution in [0.25, 0.3) is 55.0 Å². The first-order valence-corrected chi connectivity index (χ1v) is 23.5. The average molecular weight is 833 g/mol. The first kappa shape index (κ1) is 38.6. The average Bonchev–Trinajstić information content (AvgIpc) is 3.95. The van der Waals surface area contributed by atoms with Gasteiger partial charge >= 0.3 is 0 Å². The molecular weight excluding hydrogens is 781 g/mol. The van der Waals surface area contributed by atoms with Gasteiger partial charge in [-0.1, -0.05) is 148 Å². The van der Waals surface area contributed by atoms with Crippen molar-refractivity contribution in [2.45, 2.75) is 76.0 Å².